The van der Waals surface area contributed by atoms with Crippen LogP contribution in [0.2, 0.25) is 0 Å². The lowest BCUT2D eigenvalue weighted by molar-refractivity contribution is 0.249. The van der Waals surface area contributed by atoms with Crippen molar-refractivity contribution in [2.45, 2.75) is 6.54 Å². The molecule has 30 heavy (non-hydrogen) atoms. The Kier molecular flexibility index (Phi) is 6.26. The molecule has 2 heterocycles. The van der Waals surface area contributed by atoms with Crippen LogP contribution in [0, 0.1) is 0 Å². The standard InChI is InChI=1S/C25H24N4.ClH/c1-3-9-20(10-4-1)19-28-15-17-29(18-16-28)25-22-13-7-8-14-23(22)26-24(27-25)21-11-5-2-6-12-21;/h1-14H,15-19H2;1H. The van der Waals surface area contributed by atoms with Crippen LogP contribution in [0.4, 0.5) is 5.82 Å². The van der Waals surface area contributed by atoms with Crippen molar-refractivity contribution in [2.75, 3.05) is 31.1 Å². The van der Waals surface area contributed by atoms with Gasteiger partial charge in [0.05, 0.1) is 5.52 Å². The largest absolute Gasteiger partial charge is 0.353 e. The molecule has 5 rings (SSSR count). The molecule has 1 aromatic heterocycles. The molecule has 1 saturated heterocycles. The van der Waals surface area contributed by atoms with Gasteiger partial charge in [0, 0.05) is 43.7 Å². The van der Waals surface area contributed by atoms with E-state index < -0.39 is 0 Å². The fraction of sp³-hybridized carbons (Fsp3) is 0.200. The molecule has 0 N–H and O–H groups in total. The lowest BCUT2D eigenvalue weighted by atomic mass is 10.1. The number of hydrogen-bond donors (Lipinski definition) is 0. The lowest BCUT2D eigenvalue weighted by Crippen LogP contribution is -2.46. The van der Waals surface area contributed by atoms with Crippen molar-refractivity contribution >= 4 is 29.1 Å². The van der Waals surface area contributed by atoms with Gasteiger partial charge in [-0.25, -0.2) is 9.97 Å². The summed E-state index contributed by atoms with van der Waals surface area (Å²) in [7, 11) is 0. The van der Waals surface area contributed by atoms with E-state index in [2.05, 4.69) is 70.5 Å². The number of nitrogens with zero attached hydrogens (tertiary/aromatic N) is 4. The molecule has 0 radical (unpaired) electrons. The highest BCUT2D eigenvalue weighted by Gasteiger charge is 2.21. The first kappa shape index (κ1) is 20.3. The van der Waals surface area contributed by atoms with Crippen molar-refractivity contribution < 1.29 is 0 Å². The number of para-hydroxylation sites is 1. The maximum absolute atomic E-state index is 5.00. The summed E-state index contributed by atoms with van der Waals surface area (Å²) >= 11 is 0. The van der Waals surface area contributed by atoms with E-state index in [4.69, 9.17) is 9.97 Å². The molecule has 3 aromatic carbocycles. The maximum atomic E-state index is 5.00. The molecule has 0 amide bonds. The highest BCUT2D eigenvalue weighted by atomic mass is 35.5. The predicted octanol–water partition coefficient (Wildman–Crippen LogP) is 5.04. The van der Waals surface area contributed by atoms with Crippen LogP contribution in [0.15, 0.2) is 84.9 Å². The van der Waals surface area contributed by atoms with Crippen LogP contribution < -0.4 is 4.90 Å². The Morgan fingerprint density at radius 2 is 1.30 bits per heavy atom. The van der Waals surface area contributed by atoms with Gasteiger partial charge in [0.15, 0.2) is 5.82 Å². The summed E-state index contributed by atoms with van der Waals surface area (Å²) < 4.78 is 0. The van der Waals surface area contributed by atoms with Crippen molar-refractivity contribution in [3.63, 3.8) is 0 Å². The van der Waals surface area contributed by atoms with Crippen LogP contribution in [0.25, 0.3) is 22.3 Å². The number of anilines is 1. The summed E-state index contributed by atoms with van der Waals surface area (Å²) in [6, 6.07) is 29.3. The molecular formula is C25H25ClN4. The van der Waals surface area contributed by atoms with Gasteiger partial charge in [-0.3, -0.25) is 4.90 Å². The fourth-order valence-electron chi connectivity index (χ4n) is 3.98. The summed E-state index contributed by atoms with van der Waals surface area (Å²) in [4.78, 5) is 14.8. The summed E-state index contributed by atoms with van der Waals surface area (Å²) in [5.41, 5.74) is 3.44. The van der Waals surface area contributed by atoms with Gasteiger partial charge in [-0.1, -0.05) is 72.8 Å². The molecule has 152 valence electrons. The van der Waals surface area contributed by atoms with E-state index in [9.17, 15) is 0 Å². The Balaban J connectivity index is 0.00000218. The molecule has 0 unspecified atom stereocenters. The Labute approximate surface area is 183 Å². The fourth-order valence-corrected chi connectivity index (χ4v) is 3.98. The Morgan fingerprint density at radius 1 is 0.667 bits per heavy atom. The Hall–Kier alpha value is -2.95. The molecule has 0 aliphatic carbocycles. The second-order valence-corrected chi connectivity index (χ2v) is 7.50. The van der Waals surface area contributed by atoms with E-state index >= 15 is 0 Å². The highest BCUT2D eigenvalue weighted by Crippen LogP contribution is 2.28. The summed E-state index contributed by atoms with van der Waals surface area (Å²) in [5.74, 6) is 1.85. The molecule has 1 aliphatic heterocycles. The number of aromatic nitrogens is 2. The molecule has 5 heteroatoms. The van der Waals surface area contributed by atoms with Crippen LogP contribution in [0.3, 0.4) is 0 Å². The van der Waals surface area contributed by atoms with Gasteiger partial charge in [-0.2, -0.15) is 0 Å². The zero-order valence-electron chi connectivity index (χ0n) is 16.8. The number of hydrogen-bond acceptors (Lipinski definition) is 4. The van der Waals surface area contributed by atoms with E-state index in [0.717, 1.165) is 60.8 Å². The first-order chi connectivity index (χ1) is 14.4. The summed E-state index contributed by atoms with van der Waals surface area (Å²) in [6.45, 7) is 5.03. The highest BCUT2D eigenvalue weighted by molar-refractivity contribution is 5.91. The molecule has 0 atom stereocenters. The zero-order valence-corrected chi connectivity index (χ0v) is 17.6. The number of halogens is 1. The van der Waals surface area contributed by atoms with Crippen LogP contribution in [-0.4, -0.2) is 41.0 Å². The number of piperazine rings is 1. The van der Waals surface area contributed by atoms with Gasteiger partial charge < -0.3 is 4.90 Å². The third-order valence-electron chi connectivity index (χ3n) is 5.54. The Bertz CT molecular complexity index is 1090. The van der Waals surface area contributed by atoms with Crippen molar-refractivity contribution in [2.24, 2.45) is 0 Å². The van der Waals surface area contributed by atoms with E-state index in [-0.39, 0.29) is 12.4 Å². The minimum atomic E-state index is 0. The lowest BCUT2D eigenvalue weighted by Gasteiger charge is -2.36. The number of benzene rings is 3. The Morgan fingerprint density at radius 3 is 2.03 bits per heavy atom. The third kappa shape index (κ3) is 4.30. The van der Waals surface area contributed by atoms with Gasteiger partial charge in [0.2, 0.25) is 0 Å². The SMILES string of the molecule is Cl.c1ccc(CN2CCN(c3nc(-c4ccccc4)nc4ccccc34)CC2)cc1. The average molecular weight is 417 g/mol. The second kappa shape index (κ2) is 9.24. The van der Waals surface area contributed by atoms with Gasteiger partial charge in [0.1, 0.15) is 5.82 Å². The van der Waals surface area contributed by atoms with Gasteiger partial charge in [0.25, 0.3) is 0 Å². The first-order valence-electron chi connectivity index (χ1n) is 10.2. The van der Waals surface area contributed by atoms with Crippen LogP contribution in [0.5, 0.6) is 0 Å². The first-order valence-corrected chi connectivity index (χ1v) is 10.2. The van der Waals surface area contributed by atoms with Gasteiger partial charge >= 0.3 is 0 Å². The maximum Gasteiger partial charge on any atom is 0.162 e. The van der Waals surface area contributed by atoms with Crippen LogP contribution in [0.1, 0.15) is 5.56 Å². The van der Waals surface area contributed by atoms with Gasteiger partial charge in [-0.15, -0.1) is 12.4 Å². The topological polar surface area (TPSA) is 32.3 Å². The minimum Gasteiger partial charge on any atom is -0.353 e. The van der Waals surface area contributed by atoms with E-state index in [1.807, 2.05) is 24.3 Å². The normalized spacial score (nSPS) is 14.5. The van der Waals surface area contributed by atoms with E-state index in [1.165, 1.54) is 5.56 Å². The molecule has 0 spiro atoms. The molecule has 1 fully saturated rings. The minimum absolute atomic E-state index is 0. The molecule has 4 nitrogen and oxygen atoms in total. The van der Waals surface area contributed by atoms with Crippen LogP contribution >= 0.6 is 12.4 Å². The predicted molar refractivity (Wildman–Crippen MR) is 126 cm³/mol. The molecule has 0 saturated carbocycles. The third-order valence-corrected chi connectivity index (χ3v) is 5.54. The van der Waals surface area contributed by atoms with Crippen molar-refractivity contribution in [3.8, 4) is 11.4 Å². The zero-order chi connectivity index (χ0) is 19.5. The van der Waals surface area contributed by atoms with Crippen molar-refractivity contribution in [1.29, 1.82) is 0 Å². The van der Waals surface area contributed by atoms with Crippen molar-refractivity contribution in [3.05, 3.63) is 90.5 Å². The smallest absolute Gasteiger partial charge is 0.162 e. The number of rotatable bonds is 4. The second-order valence-electron chi connectivity index (χ2n) is 7.50. The number of fused-ring (bicyclic) bond motifs is 1. The molecule has 0 bridgehead atoms. The summed E-state index contributed by atoms with van der Waals surface area (Å²) in [5, 5.41) is 1.13. The molecular weight excluding hydrogens is 392 g/mol. The van der Waals surface area contributed by atoms with Gasteiger partial charge in [-0.05, 0) is 17.7 Å². The van der Waals surface area contributed by atoms with E-state index in [0.29, 0.717) is 0 Å². The monoisotopic (exact) mass is 416 g/mol. The molecule has 1 aliphatic rings. The van der Waals surface area contributed by atoms with E-state index in [1.54, 1.807) is 0 Å². The quantitative estimate of drug-likeness (QED) is 0.466. The summed E-state index contributed by atoms with van der Waals surface area (Å²) in [6.07, 6.45) is 0. The molecule has 4 aromatic rings. The average Bonchev–Trinajstić information content (AvgIpc) is 2.80. The van der Waals surface area contributed by atoms with Crippen molar-refractivity contribution in [1.82, 2.24) is 14.9 Å². The van der Waals surface area contributed by atoms with Crippen LogP contribution in [-0.2, 0) is 6.54 Å².